The molecule has 0 fully saturated rings. The smallest absolute Gasteiger partial charge is 0.407 e. The fraction of sp³-hybridized carbons (Fsp3) is 0.300. The van der Waals surface area contributed by atoms with Crippen LogP contribution in [0.4, 0.5) is 9.18 Å². The van der Waals surface area contributed by atoms with Gasteiger partial charge in [0, 0.05) is 17.1 Å². The molecule has 1 rings (SSSR count). The van der Waals surface area contributed by atoms with E-state index < -0.39 is 11.9 Å². The lowest BCUT2D eigenvalue weighted by Crippen LogP contribution is -2.24. The summed E-state index contributed by atoms with van der Waals surface area (Å²) < 4.78 is 17.8. The lowest BCUT2D eigenvalue weighted by molar-refractivity contribution is 0.151. The quantitative estimate of drug-likeness (QED) is 0.869. The Labute approximate surface area is 92.2 Å². The summed E-state index contributed by atoms with van der Waals surface area (Å²) >= 11 is 5.58. The van der Waals surface area contributed by atoms with Crippen molar-refractivity contribution in [2.75, 3.05) is 6.61 Å². The summed E-state index contributed by atoms with van der Waals surface area (Å²) in [5.41, 5.74) is 0.368. The molecule has 0 aliphatic rings. The van der Waals surface area contributed by atoms with Crippen LogP contribution in [0.2, 0.25) is 5.02 Å². The zero-order valence-corrected chi connectivity index (χ0v) is 8.97. The molecule has 1 amide bonds. The maximum absolute atomic E-state index is 13.2. The lowest BCUT2D eigenvalue weighted by Gasteiger charge is -2.06. The van der Waals surface area contributed by atoms with Gasteiger partial charge >= 0.3 is 6.09 Å². The fourth-order valence-corrected chi connectivity index (χ4v) is 1.17. The molecule has 82 valence electrons. The van der Waals surface area contributed by atoms with Gasteiger partial charge in [-0.05, 0) is 19.1 Å². The number of halogens is 2. The standard InChI is InChI=1S/C10H11ClFNO2/c1-2-15-10(14)13-6-7-3-4-8(11)5-9(7)12/h3-5H,2,6H2,1H3,(H,13,14). The molecule has 0 unspecified atom stereocenters. The Morgan fingerprint density at radius 2 is 2.33 bits per heavy atom. The highest BCUT2D eigenvalue weighted by molar-refractivity contribution is 6.30. The highest BCUT2D eigenvalue weighted by atomic mass is 35.5. The van der Waals surface area contributed by atoms with E-state index in [9.17, 15) is 9.18 Å². The van der Waals surface area contributed by atoms with Gasteiger partial charge in [-0.15, -0.1) is 0 Å². The van der Waals surface area contributed by atoms with Gasteiger partial charge in [-0.3, -0.25) is 0 Å². The Kier molecular flexibility index (Phi) is 4.37. The molecule has 1 N–H and O–H groups in total. The topological polar surface area (TPSA) is 38.3 Å². The molecule has 0 radical (unpaired) electrons. The number of carbonyl (C=O) groups excluding carboxylic acids is 1. The lowest BCUT2D eigenvalue weighted by atomic mass is 10.2. The molecular formula is C10H11ClFNO2. The number of hydrogen-bond donors (Lipinski definition) is 1. The van der Waals surface area contributed by atoms with Crippen LogP contribution in [0.25, 0.3) is 0 Å². The van der Waals surface area contributed by atoms with Crippen LogP contribution in [-0.2, 0) is 11.3 Å². The average molecular weight is 232 g/mol. The molecule has 0 bridgehead atoms. The van der Waals surface area contributed by atoms with E-state index in [-0.39, 0.29) is 13.2 Å². The number of nitrogens with one attached hydrogen (secondary N) is 1. The second-order valence-corrected chi connectivity index (χ2v) is 3.25. The van der Waals surface area contributed by atoms with E-state index in [0.29, 0.717) is 10.6 Å². The Balaban J connectivity index is 2.54. The van der Waals surface area contributed by atoms with Crippen molar-refractivity contribution in [2.24, 2.45) is 0 Å². The van der Waals surface area contributed by atoms with Gasteiger partial charge in [-0.2, -0.15) is 0 Å². The molecule has 0 aromatic heterocycles. The van der Waals surface area contributed by atoms with E-state index >= 15 is 0 Å². The third-order valence-electron chi connectivity index (χ3n) is 1.71. The summed E-state index contributed by atoms with van der Waals surface area (Å²) in [6, 6.07) is 4.28. The molecule has 0 atom stereocenters. The highest BCUT2D eigenvalue weighted by Gasteiger charge is 2.05. The second-order valence-electron chi connectivity index (χ2n) is 2.81. The van der Waals surface area contributed by atoms with Crippen molar-refractivity contribution in [2.45, 2.75) is 13.5 Å². The number of rotatable bonds is 3. The predicted molar refractivity (Wildman–Crippen MR) is 55.3 cm³/mol. The Hall–Kier alpha value is -1.29. The first kappa shape index (κ1) is 11.8. The van der Waals surface area contributed by atoms with E-state index in [1.54, 1.807) is 13.0 Å². The second kappa shape index (κ2) is 5.56. The van der Waals surface area contributed by atoms with E-state index in [1.165, 1.54) is 12.1 Å². The molecule has 0 saturated carbocycles. The average Bonchev–Trinajstić information content (AvgIpc) is 2.17. The molecule has 3 nitrogen and oxygen atoms in total. The van der Waals surface area contributed by atoms with Crippen molar-refractivity contribution in [3.05, 3.63) is 34.6 Å². The van der Waals surface area contributed by atoms with Gasteiger partial charge in [-0.1, -0.05) is 17.7 Å². The van der Waals surface area contributed by atoms with Gasteiger partial charge in [0.05, 0.1) is 6.61 Å². The van der Waals surface area contributed by atoms with Crippen LogP contribution in [0.5, 0.6) is 0 Å². The minimum Gasteiger partial charge on any atom is -0.450 e. The molecule has 0 saturated heterocycles. The summed E-state index contributed by atoms with van der Waals surface area (Å²) in [5.74, 6) is -0.445. The summed E-state index contributed by atoms with van der Waals surface area (Å²) in [6.07, 6.45) is -0.563. The summed E-state index contributed by atoms with van der Waals surface area (Å²) in [5, 5.41) is 2.74. The van der Waals surface area contributed by atoms with Crippen LogP contribution >= 0.6 is 11.6 Å². The van der Waals surface area contributed by atoms with Crippen molar-refractivity contribution < 1.29 is 13.9 Å². The zero-order valence-electron chi connectivity index (χ0n) is 8.22. The summed E-state index contributed by atoms with van der Waals surface area (Å²) in [4.78, 5) is 10.9. The molecule has 1 aromatic carbocycles. The molecule has 0 heterocycles. The van der Waals surface area contributed by atoms with Crippen LogP contribution in [0.15, 0.2) is 18.2 Å². The summed E-state index contributed by atoms with van der Waals surface area (Å²) in [6.45, 7) is 2.07. The van der Waals surface area contributed by atoms with Crippen molar-refractivity contribution >= 4 is 17.7 Å². The first-order valence-electron chi connectivity index (χ1n) is 4.48. The Bertz CT molecular complexity index is 357. The van der Waals surface area contributed by atoms with Gasteiger partial charge in [0.25, 0.3) is 0 Å². The van der Waals surface area contributed by atoms with Crippen LogP contribution < -0.4 is 5.32 Å². The first-order valence-corrected chi connectivity index (χ1v) is 4.86. The summed E-state index contributed by atoms with van der Waals surface area (Å²) in [7, 11) is 0. The first-order chi connectivity index (χ1) is 7.13. The molecule has 0 aliphatic carbocycles. The number of hydrogen-bond acceptors (Lipinski definition) is 2. The van der Waals surface area contributed by atoms with Gasteiger partial charge in [-0.25, -0.2) is 9.18 Å². The molecule has 5 heteroatoms. The SMILES string of the molecule is CCOC(=O)NCc1ccc(Cl)cc1F. The maximum atomic E-state index is 13.2. The third kappa shape index (κ3) is 3.75. The van der Waals surface area contributed by atoms with Gasteiger partial charge < -0.3 is 10.1 Å². The number of amides is 1. The molecule has 1 aromatic rings. The minimum absolute atomic E-state index is 0.0852. The molecular weight excluding hydrogens is 221 g/mol. The van der Waals surface area contributed by atoms with Crippen LogP contribution in [-0.4, -0.2) is 12.7 Å². The van der Waals surface area contributed by atoms with E-state index in [1.807, 2.05) is 0 Å². The van der Waals surface area contributed by atoms with Gasteiger partial charge in [0.15, 0.2) is 0 Å². The number of alkyl carbamates (subject to hydrolysis) is 1. The van der Waals surface area contributed by atoms with E-state index in [0.717, 1.165) is 0 Å². The predicted octanol–water partition coefficient (Wildman–Crippen LogP) is 2.73. The van der Waals surface area contributed by atoms with Crippen molar-refractivity contribution in [3.8, 4) is 0 Å². The van der Waals surface area contributed by atoms with Crippen LogP contribution in [0.3, 0.4) is 0 Å². The monoisotopic (exact) mass is 231 g/mol. The van der Waals surface area contributed by atoms with Gasteiger partial charge in [0.1, 0.15) is 5.82 Å². The number of ether oxygens (including phenoxy) is 1. The number of carbonyl (C=O) groups is 1. The highest BCUT2D eigenvalue weighted by Crippen LogP contribution is 2.14. The normalized spacial score (nSPS) is 9.80. The van der Waals surface area contributed by atoms with Crippen molar-refractivity contribution in [1.29, 1.82) is 0 Å². The van der Waals surface area contributed by atoms with Crippen LogP contribution in [0, 0.1) is 5.82 Å². The fourth-order valence-electron chi connectivity index (χ4n) is 1.01. The van der Waals surface area contributed by atoms with E-state index in [4.69, 9.17) is 11.6 Å². The third-order valence-corrected chi connectivity index (χ3v) is 1.95. The molecule has 0 aliphatic heterocycles. The minimum atomic E-state index is -0.563. The van der Waals surface area contributed by atoms with Crippen molar-refractivity contribution in [3.63, 3.8) is 0 Å². The number of benzene rings is 1. The Morgan fingerprint density at radius 1 is 1.60 bits per heavy atom. The van der Waals surface area contributed by atoms with Gasteiger partial charge in [0.2, 0.25) is 0 Å². The van der Waals surface area contributed by atoms with Crippen LogP contribution in [0.1, 0.15) is 12.5 Å². The largest absolute Gasteiger partial charge is 0.450 e. The van der Waals surface area contributed by atoms with E-state index in [2.05, 4.69) is 10.1 Å². The molecule has 0 spiro atoms. The maximum Gasteiger partial charge on any atom is 0.407 e. The van der Waals surface area contributed by atoms with Crippen molar-refractivity contribution in [1.82, 2.24) is 5.32 Å². The Morgan fingerprint density at radius 3 is 2.93 bits per heavy atom. The zero-order chi connectivity index (χ0) is 11.3. The molecule has 15 heavy (non-hydrogen) atoms.